The summed E-state index contributed by atoms with van der Waals surface area (Å²) in [5, 5.41) is 0. The van der Waals surface area contributed by atoms with Crippen LogP contribution in [0.5, 0.6) is 0 Å². The Balaban J connectivity index is 2.14. The summed E-state index contributed by atoms with van der Waals surface area (Å²) in [5.74, 6) is 0. The quantitative estimate of drug-likeness (QED) is 0.673. The summed E-state index contributed by atoms with van der Waals surface area (Å²) in [6.45, 7) is 0. The van der Waals surface area contributed by atoms with Gasteiger partial charge in [0.05, 0.1) is 11.4 Å². The zero-order valence-corrected chi connectivity index (χ0v) is 11.0. The molecule has 1 aliphatic carbocycles. The molecule has 0 radical (unpaired) electrons. The monoisotopic (exact) mass is 266 g/mol. The molecule has 4 rings (SSSR count). The summed E-state index contributed by atoms with van der Waals surface area (Å²) in [7, 11) is 0. The van der Waals surface area contributed by atoms with E-state index in [0.29, 0.717) is 0 Å². The van der Waals surface area contributed by atoms with Gasteiger partial charge in [-0.05, 0) is 25.7 Å². The zero-order chi connectivity index (χ0) is 13.7. The minimum absolute atomic E-state index is 0.133. The molecule has 0 amide bonds. The van der Waals surface area contributed by atoms with Crippen molar-refractivity contribution in [3.05, 3.63) is 68.4 Å². The summed E-state index contributed by atoms with van der Waals surface area (Å²) in [6, 6.07) is 11.3. The molecule has 1 aromatic carbocycles. The molecule has 0 bridgehead atoms. The summed E-state index contributed by atoms with van der Waals surface area (Å²) in [5.41, 5.74) is 3.26. The highest BCUT2D eigenvalue weighted by molar-refractivity contribution is 5.60. The SMILES string of the molecule is O=c1cc(-c2ccccc2)n2c3c(c(=O)n12)CCCC3. The standard InChI is InChI=1S/C16H14N2O2/c19-15-10-14(11-6-2-1-3-7-11)17-13-9-5-4-8-12(13)16(20)18(15)17/h1-3,6-7,10H,4-5,8-9H2. The van der Waals surface area contributed by atoms with E-state index in [-0.39, 0.29) is 11.1 Å². The molecular formula is C16H14N2O2. The number of nitrogens with zero attached hydrogens (tertiary/aromatic N) is 2. The van der Waals surface area contributed by atoms with Gasteiger partial charge in [-0.2, -0.15) is 4.52 Å². The molecule has 4 nitrogen and oxygen atoms in total. The molecular weight excluding hydrogens is 252 g/mol. The lowest BCUT2D eigenvalue weighted by molar-refractivity contribution is 0.657. The van der Waals surface area contributed by atoms with Crippen molar-refractivity contribution in [2.24, 2.45) is 0 Å². The molecule has 0 atom stereocenters. The van der Waals surface area contributed by atoms with Gasteiger partial charge in [-0.3, -0.25) is 9.59 Å². The Hall–Kier alpha value is -2.36. The van der Waals surface area contributed by atoms with Crippen LogP contribution >= 0.6 is 0 Å². The predicted octanol–water partition coefficient (Wildman–Crippen LogP) is 1.74. The fourth-order valence-corrected chi connectivity index (χ4v) is 3.20. The molecule has 1 aliphatic rings. The third kappa shape index (κ3) is 1.42. The number of aromatic nitrogens is 2. The van der Waals surface area contributed by atoms with E-state index in [0.717, 1.165) is 48.2 Å². The van der Waals surface area contributed by atoms with Gasteiger partial charge in [-0.15, -0.1) is 0 Å². The molecule has 20 heavy (non-hydrogen) atoms. The Kier molecular flexibility index (Phi) is 2.33. The number of rotatable bonds is 1. The Morgan fingerprint density at radius 3 is 2.45 bits per heavy atom. The van der Waals surface area contributed by atoms with Gasteiger partial charge in [0.25, 0.3) is 11.1 Å². The predicted molar refractivity (Wildman–Crippen MR) is 76.7 cm³/mol. The van der Waals surface area contributed by atoms with E-state index in [1.165, 1.54) is 4.52 Å². The molecule has 3 aromatic rings. The minimum Gasteiger partial charge on any atom is -0.267 e. The van der Waals surface area contributed by atoms with E-state index < -0.39 is 0 Å². The van der Waals surface area contributed by atoms with E-state index in [1.54, 1.807) is 6.07 Å². The van der Waals surface area contributed by atoms with Crippen LogP contribution in [0.2, 0.25) is 0 Å². The number of fused-ring (bicyclic) bond motifs is 3. The average molecular weight is 266 g/mol. The molecule has 0 fully saturated rings. The Labute approximate surface area is 115 Å². The first-order valence-electron chi connectivity index (χ1n) is 6.95. The largest absolute Gasteiger partial charge is 0.277 e. The van der Waals surface area contributed by atoms with Crippen LogP contribution in [0, 0.1) is 0 Å². The summed E-state index contributed by atoms with van der Waals surface area (Å²) in [4.78, 5) is 24.5. The highest BCUT2D eigenvalue weighted by Crippen LogP contribution is 2.23. The molecule has 0 spiro atoms. The molecule has 0 aliphatic heterocycles. The van der Waals surface area contributed by atoms with Gasteiger partial charge in [-0.1, -0.05) is 30.3 Å². The summed E-state index contributed by atoms with van der Waals surface area (Å²) in [6.07, 6.45) is 3.77. The second-order valence-electron chi connectivity index (χ2n) is 5.29. The van der Waals surface area contributed by atoms with Crippen LogP contribution in [-0.4, -0.2) is 9.03 Å². The van der Waals surface area contributed by atoms with Gasteiger partial charge in [0, 0.05) is 17.2 Å². The fraction of sp³-hybridized carbons (Fsp3) is 0.250. The lowest BCUT2D eigenvalue weighted by Crippen LogP contribution is -2.22. The van der Waals surface area contributed by atoms with Gasteiger partial charge >= 0.3 is 0 Å². The first kappa shape index (κ1) is 11.5. The molecule has 0 unspecified atom stereocenters. The van der Waals surface area contributed by atoms with Crippen molar-refractivity contribution < 1.29 is 0 Å². The topological polar surface area (TPSA) is 43.0 Å². The number of aryl methyl sites for hydroxylation is 1. The molecule has 2 aromatic heterocycles. The van der Waals surface area contributed by atoms with Crippen molar-refractivity contribution in [2.45, 2.75) is 25.7 Å². The fourth-order valence-electron chi connectivity index (χ4n) is 3.20. The molecule has 0 saturated carbocycles. The Bertz CT molecular complexity index is 890. The van der Waals surface area contributed by atoms with Gasteiger partial charge < -0.3 is 0 Å². The lowest BCUT2D eigenvalue weighted by Gasteiger charge is -2.11. The van der Waals surface area contributed by atoms with Gasteiger partial charge in [-0.25, -0.2) is 4.52 Å². The minimum atomic E-state index is -0.233. The van der Waals surface area contributed by atoms with Crippen molar-refractivity contribution in [3.8, 4) is 11.3 Å². The maximum absolute atomic E-state index is 12.4. The summed E-state index contributed by atoms with van der Waals surface area (Å²) >= 11 is 0. The number of hydrogen-bond acceptors (Lipinski definition) is 2. The van der Waals surface area contributed by atoms with Crippen molar-refractivity contribution in [2.75, 3.05) is 0 Å². The van der Waals surface area contributed by atoms with Crippen LogP contribution in [0.1, 0.15) is 24.1 Å². The maximum atomic E-state index is 12.4. The second-order valence-corrected chi connectivity index (χ2v) is 5.29. The van der Waals surface area contributed by atoms with Crippen LogP contribution in [0.4, 0.5) is 0 Å². The highest BCUT2D eigenvalue weighted by atomic mass is 16.2. The van der Waals surface area contributed by atoms with Gasteiger partial charge in [0.15, 0.2) is 0 Å². The lowest BCUT2D eigenvalue weighted by atomic mass is 9.98. The van der Waals surface area contributed by atoms with Crippen molar-refractivity contribution in [3.63, 3.8) is 0 Å². The van der Waals surface area contributed by atoms with Crippen molar-refractivity contribution in [1.82, 2.24) is 9.03 Å². The second kappa shape index (κ2) is 4.07. The molecule has 4 heteroatoms. The van der Waals surface area contributed by atoms with E-state index in [2.05, 4.69) is 0 Å². The zero-order valence-electron chi connectivity index (χ0n) is 11.0. The smallest absolute Gasteiger partial charge is 0.267 e. The van der Waals surface area contributed by atoms with Gasteiger partial charge in [0.2, 0.25) is 0 Å². The number of hydrogen-bond donors (Lipinski definition) is 0. The summed E-state index contributed by atoms with van der Waals surface area (Å²) < 4.78 is 3.12. The van der Waals surface area contributed by atoms with E-state index >= 15 is 0 Å². The van der Waals surface area contributed by atoms with Crippen molar-refractivity contribution in [1.29, 1.82) is 0 Å². The maximum Gasteiger partial charge on any atom is 0.277 e. The first-order chi connectivity index (χ1) is 9.77. The van der Waals surface area contributed by atoms with Crippen LogP contribution in [0.25, 0.3) is 11.3 Å². The molecule has 0 saturated heterocycles. The Morgan fingerprint density at radius 1 is 0.900 bits per heavy atom. The average Bonchev–Trinajstić information content (AvgIpc) is 2.98. The molecule has 2 heterocycles. The highest BCUT2D eigenvalue weighted by Gasteiger charge is 2.23. The van der Waals surface area contributed by atoms with Crippen molar-refractivity contribution >= 4 is 0 Å². The first-order valence-corrected chi connectivity index (χ1v) is 6.95. The van der Waals surface area contributed by atoms with Crippen LogP contribution in [-0.2, 0) is 12.8 Å². The van der Waals surface area contributed by atoms with E-state index in [9.17, 15) is 9.59 Å². The van der Waals surface area contributed by atoms with Crippen LogP contribution in [0.15, 0.2) is 46.0 Å². The Morgan fingerprint density at radius 2 is 1.65 bits per heavy atom. The molecule has 0 N–H and O–H groups in total. The van der Waals surface area contributed by atoms with E-state index in [4.69, 9.17) is 0 Å². The normalized spacial score (nSPS) is 14.6. The van der Waals surface area contributed by atoms with Gasteiger partial charge in [0.1, 0.15) is 0 Å². The van der Waals surface area contributed by atoms with Crippen LogP contribution in [0.3, 0.4) is 0 Å². The van der Waals surface area contributed by atoms with E-state index in [1.807, 2.05) is 34.8 Å². The molecule has 100 valence electrons. The third-order valence-corrected chi connectivity index (χ3v) is 4.11. The number of benzene rings is 1. The van der Waals surface area contributed by atoms with Crippen LogP contribution < -0.4 is 11.1 Å². The third-order valence-electron chi connectivity index (χ3n) is 4.11.